The van der Waals surface area contributed by atoms with E-state index in [1.807, 2.05) is 122 Å². The maximum atomic E-state index is 15.1. The molecule has 0 N–H and O–H groups in total. The minimum Gasteiger partial charge on any atom is -0.462 e. The number of benzene rings is 5. The van der Waals surface area contributed by atoms with Crippen LogP contribution in [0.1, 0.15) is 66.3 Å². The van der Waals surface area contributed by atoms with Crippen LogP contribution in [0.5, 0.6) is 17.2 Å². The fourth-order valence-corrected chi connectivity index (χ4v) is 14.7. The maximum Gasteiger partial charge on any atom is 0.292 e. The van der Waals surface area contributed by atoms with E-state index >= 15 is 9.13 Å². The number of ether oxygens (including phenoxy) is 3. The van der Waals surface area contributed by atoms with E-state index in [2.05, 4.69) is 40.2 Å². The molecule has 0 fully saturated rings. The van der Waals surface area contributed by atoms with Crippen LogP contribution < -0.4 is 24.8 Å². The third kappa shape index (κ3) is 10.1. The van der Waals surface area contributed by atoms with E-state index in [1.165, 1.54) is 0 Å². The molecule has 0 radical (unpaired) electrons. The van der Waals surface area contributed by atoms with Crippen LogP contribution in [-0.2, 0) is 37.8 Å². The summed E-state index contributed by atoms with van der Waals surface area (Å²) in [5.74, 6) is 3.97. The molecule has 3 aliphatic carbocycles. The highest BCUT2D eigenvalue weighted by atomic mass is 31.2. The molecule has 11 nitrogen and oxygen atoms in total. The van der Waals surface area contributed by atoms with Crippen LogP contribution in [0.2, 0.25) is 0 Å². The standard InChI is InChI=1S/C56H50N4O7P2/c57-37-63-51-19-7-1-13-43(51)35-59(39-68(61)55-23-11-5-17-49(55)47-15-3-9-21-53(47)66-68)33-41-25-29-45(30-26-41)65-46-31-27-42(28-32-46)34-60(36-44-14-2-8-20-52(44)64-38-58)40-69(62)56-24-12-6-18-50(56)48-16-4-10-22-54(48)67-69/h1-14,17-20,23-27,29-31H,15-16,21-22,28,32-36,39-40H2. The molecule has 5 aliphatic rings. The zero-order valence-electron chi connectivity index (χ0n) is 38.0. The fraction of sp³-hybridized carbons (Fsp3) is 0.214. The Morgan fingerprint density at radius 1 is 0.536 bits per heavy atom. The molecule has 0 aromatic heterocycles. The molecule has 0 bridgehead atoms. The quantitative estimate of drug-likeness (QED) is 0.0531. The molecule has 0 saturated heterocycles. The Kier molecular flexibility index (Phi) is 13.4. The number of hydrogen-bond donors (Lipinski definition) is 0. The van der Waals surface area contributed by atoms with Crippen molar-refractivity contribution in [2.45, 2.75) is 58.2 Å². The van der Waals surface area contributed by atoms with Crippen LogP contribution >= 0.6 is 14.7 Å². The highest BCUT2D eigenvalue weighted by Gasteiger charge is 2.40. The second kappa shape index (κ2) is 20.2. The minimum absolute atomic E-state index is 0.150. The second-order valence-electron chi connectivity index (χ2n) is 17.7. The van der Waals surface area contributed by atoms with Crippen molar-refractivity contribution in [1.82, 2.24) is 9.80 Å². The Hall–Kier alpha value is -7.10. The van der Waals surface area contributed by atoms with Gasteiger partial charge in [0.1, 0.15) is 34.5 Å². The first-order valence-electron chi connectivity index (χ1n) is 23.2. The third-order valence-corrected chi connectivity index (χ3v) is 17.8. The second-order valence-corrected chi connectivity index (χ2v) is 22.3. The van der Waals surface area contributed by atoms with E-state index in [-0.39, 0.29) is 12.6 Å². The number of allylic oxidation sites excluding steroid dienone is 9. The Balaban J connectivity index is 0.858. The average Bonchev–Trinajstić information content (AvgIpc) is 3.36. The molecule has 0 saturated carbocycles. The Morgan fingerprint density at radius 3 is 1.55 bits per heavy atom. The van der Waals surface area contributed by atoms with Gasteiger partial charge in [-0.15, -0.1) is 10.5 Å². The highest BCUT2D eigenvalue weighted by Crippen LogP contribution is 2.57. The number of para-hydroxylation sites is 2. The van der Waals surface area contributed by atoms with Gasteiger partial charge in [0, 0.05) is 67.7 Å². The molecule has 2 aliphatic heterocycles. The summed E-state index contributed by atoms with van der Waals surface area (Å²) >= 11 is 0. The fourth-order valence-electron chi connectivity index (χ4n) is 9.80. The van der Waals surface area contributed by atoms with E-state index in [9.17, 15) is 10.5 Å². The molecule has 2 unspecified atom stereocenters. The van der Waals surface area contributed by atoms with E-state index in [1.54, 1.807) is 18.4 Å². The van der Waals surface area contributed by atoms with Crippen LogP contribution in [0.15, 0.2) is 181 Å². The van der Waals surface area contributed by atoms with Crippen molar-refractivity contribution in [2.75, 3.05) is 19.1 Å². The lowest BCUT2D eigenvalue weighted by atomic mass is 9.96. The first kappa shape index (κ1) is 45.7. The molecule has 69 heavy (non-hydrogen) atoms. The molecule has 0 spiro atoms. The van der Waals surface area contributed by atoms with E-state index in [4.69, 9.17) is 23.3 Å². The predicted molar refractivity (Wildman–Crippen MR) is 267 cm³/mol. The minimum atomic E-state index is -3.41. The topological polar surface area (TPSA) is 134 Å². The number of fused-ring (bicyclic) bond motifs is 4. The summed E-state index contributed by atoms with van der Waals surface area (Å²) in [5.41, 5.74) is 7.89. The van der Waals surface area contributed by atoms with Crippen molar-refractivity contribution < 1.29 is 32.4 Å². The van der Waals surface area contributed by atoms with E-state index < -0.39 is 14.7 Å². The van der Waals surface area contributed by atoms with Gasteiger partial charge in [-0.1, -0.05) is 121 Å². The van der Waals surface area contributed by atoms with Gasteiger partial charge in [-0.05, 0) is 78.4 Å². The average molecular weight is 953 g/mol. The first-order chi connectivity index (χ1) is 33.8. The zero-order valence-corrected chi connectivity index (χ0v) is 39.8. The van der Waals surface area contributed by atoms with Gasteiger partial charge in [-0.25, -0.2) is 0 Å². The van der Waals surface area contributed by atoms with Crippen LogP contribution in [-0.4, -0.2) is 28.9 Å². The van der Waals surface area contributed by atoms with Gasteiger partial charge in [0.15, 0.2) is 0 Å². The van der Waals surface area contributed by atoms with Crippen molar-refractivity contribution >= 4 is 36.5 Å². The summed E-state index contributed by atoms with van der Waals surface area (Å²) in [5, 5.41) is 20.3. The zero-order chi connectivity index (χ0) is 47.2. The molecule has 13 heteroatoms. The molecule has 5 aromatic carbocycles. The van der Waals surface area contributed by atoms with E-state index in [0.717, 1.165) is 91.7 Å². The summed E-state index contributed by atoms with van der Waals surface area (Å²) in [4.78, 5) is 4.24. The predicted octanol–water partition coefficient (Wildman–Crippen LogP) is 12.2. The van der Waals surface area contributed by atoms with Crippen LogP contribution in [0, 0.1) is 23.0 Å². The van der Waals surface area contributed by atoms with Crippen LogP contribution in [0.4, 0.5) is 0 Å². The lowest BCUT2D eigenvalue weighted by Crippen LogP contribution is -2.32. The summed E-state index contributed by atoms with van der Waals surface area (Å²) < 4.78 is 60.4. The summed E-state index contributed by atoms with van der Waals surface area (Å²) in [6.45, 7) is 1.72. The van der Waals surface area contributed by atoms with Crippen molar-refractivity contribution in [1.29, 1.82) is 10.5 Å². The molecular weight excluding hydrogens is 903 g/mol. The molecule has 2 heterocycles. The first-order valence-corrected chi connectivity index (χ1v) is 26.8. The smallest absolute Gasteiger partial charge is 0.292 e. The van der Waals surface area contributed by atoms with Crippen molar-refractivity contribution in [3.05, 3.63) is 208 Å². The van der Waals surface area contributed by atoms with Crippen molar-refractivity contribution in [2.24, 2.45) is 0 Å². The van der Waals surface area contributed by atoms with Crippen molar-refractivity contribution in [3.8, 4) is 29.8 Å². The SMILES string of the molecule is N#COc1ccccc1CN(CC1=CC=C(Oc2ccc(CN(Cc3ccccc3OC#N)CP3(=O)OC4=C(CC=CC4)c4ccccc43)cc2)CC1)CP1(=O)OC2=C(CC=CC2)c2ccccc21. The Bertz CT molecular complexity index is 3170. The number of nitrogens with zero attached hydrogens (tertiary/aromatic N) is 4. The van der Waals surface area contributed by atoms with Gasteiger partial charge >= 0.3 is 0 Å². The lowest BCUT2D eigenvalue weighted by molar-refractivity contribution is 0.277. The lowest BCUT2D eigenvalue weighted by Gasteiger charge is -2.35. The van der Waals surface area contributed by atoms with E-state index in [0.29, 0.717) is 62.7 Å². The van der Waals surface area contributed by atoms with Gasteiger partial charge in [-0.3, -0.25) is 18.9 Å². The third-order valence-electron chi connectivity index (χ3n) is 13.0. The van der Waals surface area contributed by atoms with Crippen LogP contribution in [0.3, 0.4) is 0 Å². The summed E-state index contributed by atoms with van der Waals surface area (Å²) in [6, 6.07) is 38.6. The monoisotopic (exact) mass is 952 g/mol. The van der Waals surface area contributed by atoms with Crippen LogP contribution in [0.25, 0.3) is 11.1 Å². The highest BCUT2D eigenvalue weighted by molar-refractivity contribution is 7.67. The number of hydrogen-bond acceptors (Lipinski definition) is 11. The maximum absolute atomic E-state index is 15.1. The number of nitriles is 2. The summed E-state index contributed by atoms with van der Waals surface area (Å²) in [7, 11) is -6.80. The molecule has 10 rings (SSSR count). The Labute approximate surface area is 403 Å². The summed E-state index contributed by atoms with van der Waals surface area (Å²) in [6.07, 6.45) is 20.5. The van der Waals surface area contributed by atoms with Gasteiger partial charge in [0.2, 0.25) is 0 Å². The number of rotatable bonds is 16. The Morgan fingerprint density at radius 2 is 1.03 bits per heavy atom. The van der Waals surface area contributed by atoms with Gasteiger partial charge in [-0.2, -0.15) is 0 Å². The van der Waals surface area contributed by atoms with Crippen molar-refractivity contribution in [3.63, 3.8) is 0 Å². The normalized spacial score (nSPS) is 19.9. The largest absolute Gasteiger partial charge is 0.462 e. The van der Waals surface area contributed by atoms with Gasteiger partial charge < -0.3 is 23.3 Å². The molecular formula is C56H50N4O7P2. The molecule has 346 valence electrons. The van der Waals surface area contributed by atoms with Gasteiger partial charge in [0.05, 0.1) is 23.2 Å². The molecule has 0 amide bonds. The molecule has 5 aromatic rings. The van der Waals surface area contributed by atoms with Gasteiger partial charge in [0.25, 0.3) is 27.2 Å². The molecule has 2 atom stereocenters.